The van der Waals surface area contributed by atoms with Crippen molar-refractivity contribution in [3.05, 3.63) is 65.5 Å². The number of halogens is 1. The molecule has 2 rings (SSSR count). The Morgan fingerprint density at radius 1 is 1.11 bits per heavy atom. The van der Waals surface area contributed by atoms with Crippen LogP contribution in [0.4, 0.5) is 9.18 Å². The van der Waals surface area contributed by atoms with Gasteiger partial charge in [-0.25, -0.2) is 27.8 Å². The van der Waals surface area contributed by atoms with Crippen LogP contribution in [0.5, 0.6) is 0 Å². The van der Waals surface area contributed by atoms with E-state index in [1.807, 2.05) is 0 Å². The topological polar surface area (TPSA) is 96.9 Å². The predicted molar refractivity (Wildman–Crippen MR) is 99.2 cm³/mol. The molecule has 7 nitrogen and oxygen atoms in total. The molecule has 0 bridgehead atoms. The lowest BCUT2D eigenvalue weighted by molar-refractivity contribution is 0.152. The van der Waals surface area contributed by atoms with Gasteiger partial charge in [-0.1, -0.05) is 24.3 Å². The maximum atomic E-state index is 12.9. The van der Waals surface area contributed by atoms with Gasteiger partial charge in [-0.05, 0) is 49.2 Å². The largest absolute Gasteiger partial charge is 0.449 e. The van der Waals surface area contributed by atoms with Gasteiger partial charge in [0, 0.05) is 6.54 Å². The van der Waals surface area contributed by atoms with Gasteiger partial charge in [0.15, 0.2) is 0 Å². The third-order valence-corrected chi connectivity index (χ3v) is 4.97. The second-order valence-corrected chi connectivity index (χ2v) is 7.27. The standard InChI is InChI=1S/C18H20FN3O4S/c1-3-26-18(23)22-21-13(2)15-6-10-17(11-7-15)27(24,25)20-12-14-4-8-16(19)9-5-14/h4-11,20H,3,12H2,1-2H3,(H,22,23)/b21-13-. The Balaban J connectivity index is 2.03. The molecule has 27 heavy (non-hydrogen) atoms. The molecule has 144 valence electrons. The first-order valence-electron chi connectivity index (χ1n) is 8.13. The van der Waals surface area contributed by atoms with Gasteiger partial charge in [0.1, 0.15) is 5.82 Å². The number of nitrogens with zero attached hydrogens (tertiary/aromatic N) is 1. The molecule has 2 N–H and O–H groups in total. The number of benzene rings is 2. The molecule has 9 heteroatoms. The van der Waals surface area contributed by atoms with Crippen LogP contribution in [0.25, 0.3) is 0 Å². The van der Waals surface area contributed by atoms with Crippen molar-refractivity contribution in [2.75, 3.05) is 6.61 Å². The normalized spacial score (nSPS) is 11.9. The molecule has 0 aliphatic rings. The second-order valence-electron chi connectivity index (χ2n) is 5.50. The number of carbonyl (C=O) groups is 1. The third-order valence-electron chi connectivity index (χ3n) is 3.55. The lowest BCUT2D eigenvalue weighted by Gasteiger charge is -2.08. The minimum atomic E-state index is -3.72. The molecule has 0 saturated heterocycles. The Kier molecular flexibility index (Phi) is 7.03. The van der Waals surface area contributed by atoms with Gasteiger partial charge in [0.25, 0.3) is 0 Å². The summed E-state index contributed by atoms with van der Waals surface area (Å²) in [6, 6.07) is 11.6. The third kappa shape index (κ3) is 6.15. The molecule has 0 saturated carbocycles. The van der Waals surface area contributed by atoms with Crippen LogP contribution in [0.2, 0.25) is 0 Å². The predicted octanol–water partition coefficient (Wildman–Crippen LogP) is 2.77. The van der Waals surface area contributed by atoms with Crippen LogP contribution in [0.15, 0.2) is 58.5 Å². The van der Waals surface area contributed by atoms with E-state index in [-0.39, 0.29) is 23.9 Å². The second kappa shape index (κ2) is 9.24. The number of hydrogen-bond acceptors (Lipinski definition) is 5. The van der Waals surface area contributed by atoms with Crippen molar-refractivity contribution in [2.24, 2.45) is 5.10 Å². The Morgan fingerprint density at radius 2 is 1.74 bits per heavy atom. The number of ether oxygens (including phenoxy) is 1. The van der Waals surface area contributed by atoms with Crippen LogP contribution < -0.4 is 10.1 Å². The van der Waals surface area contributed by atoms with Crippen molar-refractivity contribution < 1.29 is 22.3 Å². The highest BCUT2D eigenvalue weighted by Crippen LogP contribution is 2.12. The minimum absolute atomic E-state index is 0.0499. The highest BCUT2D eigenvalue weighted by molar-refractivity contribution is 7.89. The van der Waals surface area contributed by atoms with Crippen LogP contribution in [0.1, 0.15) is 25.0 Å². The monoisotopic (exact) mass is 393 g/mol. The smallest absolute Gasteiger partial charge is 0.427 e. The van der Waals surface area contributed by atoms with E-state index >= 15 is 0 Å². The lowest BCUT2D eigenvalue weighted by atomic mass is 10.1. The summed E-state index contributed by atoms with van der Waals surface area (Å²) >= 11 is 0. The summed E-state index contributed by atoms with van der Waals surface area (Å²) in [5.74, 6) is -0.383. The van der Waals surface area contributed by atoms with E-state index in [1.165, 1.54) is 36.4 Å². The molecule has 2 aromatic carbocycles. The van der Waals surface area contributed by atoms with E-state index in [0.29, 0.717) is 16.8 Å². The molecule has 0 aromatic heterocycles. The summed E-state index contributed by atoms with van der Waals surface area (Å²) in [5, 5.41) is 3.88. The van der Waals surface area contributed by atoms with Crippen molar-refractivity contribution in [1.82, 2.24) is 10.1 Å². The summed E-state index contributed by atoms with van der Waals surface area (Å²) in [6.07, 6.45) is -0.666. The quantitative estimate of drug-likeness (QED) is 0.558. The zero-order chi connectivity index (χ0) is 19.9. The summed E-state index contributed by atoms with van der Waals surface area (Å²) < 4.78 is 44.7. The molecule has 0 radical (unpaired) electrons. The van der Waals surface area contributed by atoms with Crippen LogP contribution in [0, 0.1) is 5.82 Å². The van der Waals surface area contributed by atoms with Gasteiger partial charge in [-0.15, -0.1) is 0 Å². The molecular weight excluding hydrogens is 373 g/mol. The van der Waals surface area contributed by atoms with Crippen molar-refractivity contribution in [2.45, 2.75) is 25.3 Å². The number of hydrogen-bond donors (Lipinski definition) is 2. The summed E-state index contributed by atoms with van der Waals surface area (Å²) in [6.45, 7) is 3.63. The highest BCUT2D eigenvalue weighted by atomic mass is 32.2. The Bertz CT molecular complexity index is 911. The number of sulfonamides is 1. The van der Waals surface area contributed by atoms with Crippen molar-refractivity contribution in [1.29, 1.82) is 0 Å². The summed E-state index contributed by atoms with van der Waals surface area (Å²) in [7, 11) is -3.72. The first kappa shape index (κ1) is 20.5. The molecule has 0 heterocycles. The molecule has 0 unspecified atom stereocenters. The number of nitrogens with one attached hydrogen (secondary N) is 2. The van der Waals surface area contributed by atoms with Gasteiger partial charge in [0.05, 0.1) is 17.2 Å². The molecule has 0 fully saturated rings. The number of amides is 1. The SMILES string of the molecule is CCOC(=O)N/N=C(/C)c1ccc(S(=O)(=O)NCc2ccc(F)cc2)cc1. The fourth-order valence-corrected chi connectivity index (χ4v) is 3.11. The summed E-state index contributed by atoms with van der Waals surface area (Å²) in [4.78, 5) is 11.3. The lowest BCUT2D eigenvalue weighted by Crippen LogP contribution is -2.23. The molecule has 2 aromatic rings. The number of carbonyl (C=O) groups excluding carboxylic acids is 1. The highest BCUT2D eigenvalue weighted by Gasteiger charge is 2.14. The van der Waals surface area contributed by atoms with E-state index in [2.05, 4.69) is 15.2 Å². The van der Waals surface area contributed by atoms with E-state index in [4.69, 9.17) is 4.74 Å². The van der Waals surface area contributed by atoms with Gasteiger partial charge in [0.2, 0.25) is 10.0 Å². The van der Waals surface area contributed by atoms with Crippen molar-refractivity contribution in [3.8, 4) is 0 Å². The zero-order valence-corrected chi connectivity index (χ0v) is 15.7. The van der Waals surface area contributed by atoms with E-state index in [0.717, 1.165) is 0 Å². The fraction of sp³-hybridized carbons (Fsp3) is 0.222. The van der Waals surface area contributed by atoms with Gasteiger partial charge >= 0.3 is 6.09 Å². The fourth-order valence-electron chi connectivity index (χ4n) is 2.10. The van der Waals surface area contributed by atoms with Crippen LogP contribution in [-0.4, -0.2) is 26.8 Å². The molecule has 0 aliphatic heterocycles. The first-order chi connectivity index (χ1) is 12.8. The maximum absolute atomic E-state index is 12.9. The average molecular weight is 393 g/mol. The van der Waals surface area contributed by atoms with Crippen molar-refractivity contribution >= 4 is 21.8 Å². The van der Waals surface area contributed by atoms with Crippen LogP contribution >= 0.6 is 0 Å². The van der Waals surface area contributed by atoms with Gasteiger partial charge in [-0.3, -0.25) is 0 Å². The van der Waals surface area contributed by atoms with Crippen LogP contribution in [-0.2, 0) is 21.3 Å². The van der Waals surface area contributed by atoms with Gasteiger partial charge < -0.3 is 4.74 Å². The zero-order valence-electron chi connectivity index (χ0n) is 14.9. The first-order valence-corrected chi connectivity index (χ1v) is 9.61. The Labute approximate surface area is 157 Å². The molecule has 0 spiro atoms. The number of rotatable bonds is 7. The average Bonchev–Trinajstić information content (AvgIpc) is 2.66. The minimum Gasteiger partial charge on any atom is -0.449 e. The molecular formula is C18H20FN3O4S. The van der Waals surface area contributed by atoms with Gasteiger partial charge in [-0.2, -0.15) is 5.10 Å². The molecule has 1 amide bonds. The Hall–Kier alpha value is -2.78. The number of hydrazone groups is 1. The van der Waals surface area contributed by atoms with E-state index in [9.17, 15) is 17.6 Å². The molecule has 0 atom stereocenters. The Morgan fingerprint density at radius 3 is 2.33 bits per heavy atom. The molecule has 0 aliphatic carbocycles. The van der Waals surface area contributed by atoms with Crippen molar-refractivity contribution in [3.63, 3.8) is 0 Å². The maximum Gasteiger partial charge on any atom is 0.427 e. The summed E-state index contributed by atoms with van der Waals surface area (Å²) in [5.41, 5.74) is 4.02. The van der Waals surface area contributed by atoms with E-state index < -0.39 is 16.1 Å². The van der Waals surface area contributed by atoms with E-state index in [1.54, 1.807) is 26.0 Å². The van der Waals surface area contributed by atoms with Crippen LogP contribution in [0.3, 0.4) is 0 Å².